The molecule has 2 fully saturated rings. The molecule has 0 aromatic carbocycles. The van der Waals surface area contributed by atoms with Gasteiger partial charge in [-0.2, -0.15) is 0 Å². The topological polar surface area (TPSA) is 42.1 Å². The Hall–Kier alpha value is -1.25. The fraction of sp³-hybridized carbons (Fsp3) is 0.643. The largest absolute Gasteiger partial charge is 0.396 e. The second-order valence-corrected chi connectivity index (χ2v) is 5.38. The summed E-state index contributed by atoms with van der Waals surface area (Å²) in [5.41, 5.74) is 8.11. The maximum Gasteiger partial charge on any atom is 0.0738 e. The summed E-state index contributed by atoms with van der Waals surface area (Å²) < 4.78 is 0. The van der Waals surface area contributed by atoms with E-state index < -0.39 is 0 Å². The van der Waals surface area contributed by atoms with Crippen LogP contribution in [0.3, 0.4) is 0 Å². The fourth-order valence-electron chi connectivity index (χ4n) is 3.58. The number of hydrogen-bond donors (Lipinski definition) is 1. The van der Waals surface area contributed by atoms with E-state index in [0.29, 0.717) is 0 Å². The average molecular weight is 231 g/mol. The van der Waals surface area contributed by atoms with Crippen molar-refractivity contribution in [3.05, 3.63) is 18.5 Å². The summed E-state index contributed by atoms with van der Waals surface area (Å²) in [6.07, 6.45) is 11.9. The number of anilines is 2. The highest BCUT2D eigenvalue weighted by molar-refractivity contribution is 5.66. The molecule has 1 aliphatic heterocycles. The first-order chi connectivity index (χ1) is 8.36. The second-order valence-electron chi connectivity index (χ2n) is 5.38. The Balaban J connectivity index is 1.88. The predicted octanol–water partition coefficient (Wildman–Crippen LogP) is 2.82. The van der Waals surface area contributed by atoms with E-state index in [4.69, 9.17) is 5.73 Å². The number of aromatic nitrogens is 1. The third kappa shape index (κ3) is 1.99. The zero-order chi connectivity index (χ0) is 11.7. The normalized spacial score (nSPS) is 28.8. The Morgan fingerprint density at radius 2 is 2.00 bits per heavy atom. The number of hydrogen-bond acceptors (Lipinski definition) is 3. The quantitative estimate of drug-likeness (QED) is 0.808. The van der Waals surface area contributed by atoms with E-state index in [9.17, 15) is 0 Å². The molecule has 2 heterocycles. The molecule has 2 atom stereocenters. The molecule has 0 spiro atoms. The van der Waals surface area contributed by atoms with Crippen molar-refractivity contribution in [2.45, 2.75) is 44.6 Å². The zero-order valence-electron chi connectivity index (χ0n) is 10.3. The van der Waals surface area contributed by atoms with Gasteiger partial charge in [0, 0.05) is 18.8 Å². The van der Waals surface area contributed by atoms with Crippen molar-refractivity contribution in [2.75, 3.05) is 17.2 Å². The molecular weight excluding hydrogens is 210 g/mol. The SMILES string of the molecule is Nc1cnccc1N1CCCC2CCCCC21. The molecule has 0 radical (unpaired) electrons. The summed E-state index contributed by atoms with van der Waals surface area (Å²) in [7, 11) is 0. The highest BCUT2D eigenvalue weighted by Crippen LogP contribution is 2.38. The number of nitrogens with two attached hydrogens (primary N) is 1. The van der Waals surface area contributed by atoms with Crippen molar-refractivity contribution in [2.24, 2.45) is 5.92 Å². The van der Waals surface area contributed by atoms with Crippen LogP contribution in [0, 0.1) is 5.92 Å². The third-order valence-corrected chi connectivity index (χ3v) is 4.38. The maximum absolute atomic E-state index is 6.07. The van der Waals surface area contributed by atoms with E-state index in [0.717, 1.165) is 24.2 Å². The number of piperidine rings is 1. The van der Waals surface area contributed by atoms with Gasteiger partial charge < -0.3 is 10.6 Å². The van der Waals surface area contributed by atoms with Gasteiger partial charge in [-0.3, -0.25) is 4.98 Å². The molecule has 2 unspecified atom stereocenters. The number of fused-ring (bicyclic) bond motifs is 1. The Morgan fingerprint density at radius 3 is 2.88 bits per heavy atom. The van der Waals surface area contributed by atoms with Gasteiger partial charge in [-0.1, -0.05) is 12.8 Å². The van der Waals surface area contributed by atoms with E-state index in [2.05, 4.69) is 16.0 Å². The molecule has 2 aliphatic rings. The van der Waals surface area contributed by atoms with Gasteiger partial charge in [-0.05, 0) is 37.7 Å². The van der Waals surface area contributed by atoms with Gasteiger partial charge in [-0.25, -0.2) is 0 Å². The lowest BCUT2D eigenvalue weighted by Crippen LogP contribution is -2.47. The summed E-state index contributed by atoms with van der Waals surface area (Å²) in [4.78, 5) is 6.64. The monoisotopic (exact) mass is 231 g/mol. The molecule has 0 bridgehead atoms. The zero-order valence-corrected chi connectivity index (χ0v) is 10.3. The lowest BCUT2D eigenvalue weighted by molar-refractivity contribution is 0.244. The lowest BCUT2D eigenvalue weighted by atomic mass is 9.78. The minimum atomic E-state index is 0.724. The summed E-state index contributed by atoms with van der Waals surface area (Å²) in [5.74, 6) is 0.894. The third-order valence-electron chi connectivity index (χ3n) is 4.38. The summed E-state index contributed by atoms with van der Waals surface area (Å²) in [6, 6.07) is 2.80. The van der Waals surface area contributed by atoms with Crippen LogP contribution in [-0.4, -0.2) is 17.6 Å². The predicted molar refractivity (Wildman–Crippen MR) is 71.0 cm³/mol. The molecule has 92 valence electrons. The highest BCUT2D eigenvalue weighted by atomic mass is 15.2. The summed E-state index contributed by atoms with van der Waals surface area (Å²) in [5, 5.41) is 0. The number of rotatable bonds is 1. The Kier molecular flexibility index (Phi) is 2.91. The van der Waals surface area contributed by atoms with Crippen molar-refractivity contribution in [1.82, 2.24) is 4.98 Å². The van der Waals surface area contributed by atoms with Gasteiger partial charge in [0.2, 0.25) is 0 Å². The van der Waals surface area contributed by atoms with Gasteiger partial charge >= 0.3 is 0 Å². The molecule has 3 heteroatoms. The first-order valence-electron chi connectivity index (χ1n) is 6.82. The minimum absolute atomic E-state index is 0.724. The fourth-order valence-corrected chi connectivity index (χ4v) is 3.58. The molecule has 1 saturated carbocycles. The van der Waals surface area contributed by atoms with Gasteiger partial charge in [0.15, 0.2) is 0 Å². The van der Waals surface area contributed by atoms with E-state index in [1.165, 1.54) is 44.2 Å². The van der Waals surface area contributed by atoms with E-state index in [1.54, 1.807) is 6.20 Å². The molecular formula is C14H21N3. The molecule has 2 N–H and O–H groups in total. The van der Waals surface area contributed by atoms with E-state index in [1.807, 2.05) is 6.20 Å². The van der Waals surface area contributed by atoms with Gasteiger partial charge in [0.1, 0.15) is 0 Å². The Bertz CT molecular complexity index is 389. The first kappa shape index (κ1) is 10.9. The van der Waals surface area contributed by atoms with Crippen molar-refractivity contribution in [3.8, 4) is 0 Å². The van der Waals surface area contributed by atoms with Crippen molar-refractivity contribution in [1.29, 1.82) is 0 Å². The average Bonchev–Trinajstić information content (AvgIpc) is 2.39. The number of nitrogen functional groups attached to an aromatic ring is 1. The first-order valence-corrected chi connectivity index (χ1v) is 6.82. The van der Waals surface area contributed by atoms with Crippen LogP contribution < -0.4 is 10.6 Å². The summed E-state index contributed by atoms with van der Waals surface area (Å²) in [6.45, 7) is 1.16. The van der Waals surface area contributed by atoms with Gasteiger partial charge in [0.25, 0.3) is 0 Å². The standard InChI is InChI=1S/C14H21N3/c15-12-10-16-8-7-14(12)17-9-3-5-11-4-1-2-6-13(11)17/h7-8,10-11,13H,1-6,9,15H2. The van der Waals surface area contributed by atoms with Crippen LogP contribution in [0.2, 0.25) is 0 Å². The molecule has 1 aliphatic carbocycles. The lowest BCUT2D eigenvalue weighted by Gasteiger charge is -2.45. The minimum Gasteiger partial charge on any atom is -0.396 e. The van der Waals surface area contributed by atoms with Crippen molar-refractivity contribution < 1.29 is 0 Å². The van der Waals surface area contributed by atoms with Gasteiger partial charge in [-0.15, -0.1) is 0 Å². The second kappa shape index (κ2) is 4.55. The molecule has 17 heavy (non-hydrogen) atoms. The Labute approximate surface area is 103 Å². The van der Waals surface area contributed by atoms with E-state index >= 15 is 0 Å². The van der Waals surface area contributed by atoms with Crippen LogP contribution in [-0.2, 0) is 0 Å². The molecule has 1 aromatic heterocycles. The van der Waals surface area contributed by atoms with Crippen LogP contribution in [0.25, 0.3) is 0 Å². The maximum atomic E-state index is 6.07. The molecule has 3 rings (SSSR count). The molecule has 3 nitrogen and oxygen atoms in total. The number of nitrogens with zero attached hydrogens (tertiary/aromatic N) is 2. The Morgan fingerprint density at radius 1 is 1.18 bits per heavy atom. The van der Waals surface area contributed by atoms with Crippen LogP contribution >= 0.6 is 0 Å². The van der Waals surface area contributed by atoms with Crippen LogP contribution in [0.5, 0.6) is 0 Å². The summed E-state index contributed by atoms with van der Waals surface area (Å²) >= 11 is 0. The smallest absolute Gasteiger partial charge is 0.0738 e. The van der Waals surface area contributed by atoms with Crippen molar-refractivity contribution >= 4 is 11.4 Å². The van der Waals surface area contributed by atoms with Gasteiger partial charge in [0.05, 0.1) is 17.6 Å². The van der Waals surface area contributed by atoms with Crippen LogP contribution in [0.1, 0.15) is 38.5 Å². The molecule has 1 saturated heterocycles. The number of pyridine rings is 1. The van der Waals surface area contributed by atoms with Crippen molar-refractivity contribution in [3.63, 3.8) is 0 Å². The molecule has 0 amide bonds. The van der Waals surface area contributed by atoms with Crippen LogP contribution in [0.15, 0.2) is 18.5 Å². The van der Waals surface area contributed by atoms with E-state index in [-0.39, 0.29) is 0 Å². The van der Waals surface area contributed by atoms with Crippen LogP contribution in [0.4, 0.5) is 11.4 Å². The highest BCUT2D eigenvalue weighted by Gasteiger charge is 2.33. The molecule has 1 aromatic rings.